The minimum absolute atomic E-state index is 0.763. The molecule has 0 aromatic rings. The molecule has 64 valence electrons. The second-order valence-corrected chi connectivity index (χ2v) is 2.57. The second kappa shape index (κ2) is 2.77. The Bertz CT molecular complexity index is 168. The van der Waals surface area contributed by atoms with Crippen LogP contribution in [0.5, 0.6) is 0 Å². The van der Waals surface area contributed by atoms with E-state index < -0.39 is 30.4 Å². The van der Waals surface area contributed by atoms with Gasteiger partial charge in [0.2, 0.25) is 0 Å². The number of rotatable bonds is 0. The maximum absolute atomic E-state index is 10.6. The summed E-state index contributed by atoms with van der Waals surface area (Å²) in [5, 5.41) is 26.9. The molecule has 1 saturated heterocycles. The first-order valence-corrected chi connectivity index (χ1v) is 3.28. The van der Waals surface area contributed by atoms with Crippen molar-refractivity contribution in [3.63, 3.8) is 0 Å². The number of esters is 1. The number of hydrogen-bond acceptors (Lipinski definition) is 5. The van der Waals surface area contributed by atoms with Crippen molar-refractivity contribution in [2.75, 3.05) is 0 Å². The maximum atomic E-state index is 10.6. The molecule has 0 spiro atoms. The summed E-state index contributed by atoms with van der Waals surface area (Å²) in [5.74, 6) is -0.893. The minimum atomic E-state index is -1.62. The lowest BCUT2D eigenvalue weighted by atomic mass is 10.0. The van der Waals surface area contributed by atoms with Crippen LogP contribution in [-0.2, 0) is 9.53 Å². The van der Waals surface area contributed by atoms with E-state index in [2.05, 4.69) is 4.74 Å². The first-order valence-electron chi connectivity index (χ1n) is 3.28. The number of carbonyl (C=O) groups is 1. The molecule has 0 bridgehead atoms. The van der Waals surface area contributed by atoms with Crippen LogP contribution in [0.2, 0.25) is 0 Å². The van der Waals surface area contributed by atoms with Crippen LogP contribution in [0.4, 0.5) is 0 Å². The van der Waals surface area contributed by atoms with Crippen LogP contribution in [0.1, 0.15) is 6.92 Å². The predicted molar refractivity (Wildman–Crippen MR) is 33.6 cm³/mol. The Morgan fingerprint density at radius 2 is 1.82 bits per heavy atom. The Morgan fingerprint density at radius 1 is 1.27 bits per heavy atom. The highest BCUT2D eigenvalue weighted by molar-refractivity contribution is 5.76. The Morgan fingerprint density at radius 3 is 2.36 bits per heavy atom. The zero-order valence-electron chi connectivity index (χ0n) is 5.97. The summed E-state index contributed by atoms with van der Waals surface area (Å²) in [6.07, 6.45) is -5.03. The van der Waals surface area contributed by atoms with Gasteiger partial charge in [0.1, 0.15) is 18.3 Å². The highest BCUT2D eigenvalue weighted by Gasteiger charge is 2.41. The van der Waals surface area contributed by atoms with E-state index in [4.69, 9.17) is 15.3 Å². The van der Waals surface area contributed by atoms with Gasteiger partial charge in [0.25, 0.3) is 0 Å². The molecule has 0 radical (unpaired) electrons. The summed E-state index contributed by atoms with van der Waals surface area (Å²) >= 11 is 0. The van der Waals surface area contributed by atoms with Crippen molar-refractivity contribution in [2.45, 2.75) is 31.3 Å². The van der Waals surface area contributed by atoms with E-state index in [9.17, 15) is 4.79 Å². The maximum Gasteiger partial charge on any atom is 0.338 e. The van der Waals surface area contributed by atoms with Crippen LogP contribution in [0.15, 0.2) is 0 Å². The average Bonchev–Trinajstić information content (AvgIpc) is 1.97. The molecule has 0 aromatic heterocycles. The predicted octanol–water partition coefficient (Wildman–Crippen LogP) is -1.99. The van der Waals surface area contributed by atoms with Crippen molar-refractivity contribution >= 4 is 5.97 Å². The van der Waals surface area contributed by atoms with Gasteiger partial charge in [-0.1, -0.05) is 0 Å². The van der Waals surface area contributed by atoms with Crippen LogP contribution in [-0.4, -0.2) is 45.7 Å². The molecule has 5 nitrogen and oxygen atoms in total. The first-order chi connectivity index (χ1) is 5.04. The van der Waals surface area contributed by atoms with Crippen LogP contribution in [0, 0.1) is 0 Å². The summed E-state index contributed by atoms with van der Waals surface area (Å²) < 4.78 is 4.48. The fourth-order valence-electron chi connectivity index (χ4n) is 0.927. The van der Waals surface area contributed by atoms with Gasteiger partial charge in [0.05, 0.1) is 0 Å². The van der Waals surface area contributed by atoms with Gasteiger partial charge in [-0.3, -0.25) is 0 Å². The molecule has 11 heavy (non-hydrogen) atoms. The topological polar surface area (TPSA) is 87.0 Å². The van der Waals surface area contributed by atoms with E-state index in [1.807, 2.05) is 0 Å². The number of ether oxygens (including phenoxy) is 1. The van der Waals surface area contributed by atoms with E-state index in [1.54, 1.807) is 0 Å². The normalized spacial score (nSPS) is 45.3. The quantitative estimate of drug-likeness (QED) is 0.359. The van der Waals surface area contributed by atoms with Gasteiger partial charge in [-0.05, 0) is 6.92 Å². The Labute approximate surface area is 63.2 Å². The molecule has 5 heteroatoms. The number of hydrogen-bond donors (Lipinski definition) is 3. The van der Waals surface area contributed by atoms with Gasteiger partial charge >= 0.3 is 5.97 Å². The van der Waals surface area contributed by atoms with Gasteiger partial charge in [0, 0.05) is 0 Å². The zero-order valence-corrected chi connectivity index (χ0v) is 5.97. The molecule has 1 heterocycles. The molecule has 0 unspecified atom stereocenters. The number of cyclic esters (lactones) is 1. The molecule has 1 fully saturated rings. The lowest BCUT2D eigenvalue weighted by molar-refractivity contribution is -0.199. The van der Waals surface area contributed by atoms with Gasteiger partial charge in [-0.2, -0.15) is 0 Å². The minimum Gasteiger partial charge on any atom is -0.458 e. The van der Waals surface area contributed by atoms with Gasteiger partial charge < -0.3 is 20.1 Å². The Hall–Kier alpha value is -0.650. The highest BCUT2D eigenvalue weighted by atomic mass is 16.6. The molecule has 4 atom stereocenters. The third-order valence-corrected chi connectivity index (χ3v) is 1.70. The lowest BCUT2D eigenvalue weighted by Gasteiger charge is -2.31. The lowest BCUT2D eigenvalue weighted by Crippen LogP contribution is -2.54. The zero-order chi connectivity index (χ0) is 8.59. The van der Waals surface area contributed by atoms with Crippen molar-refractivity contribution in [1.29, 1.82) is 0 Å². The standard InChI is InChI=1S/C6H10O5/c1-2-3(7)4(8)5(9)6(10)11-2/h2-5,7-9H,1H3/t2-,3-,4+,5+/m1/s1. The van der Waals surface area contributed by atoms with E-state index in [0.29, 0.717) is 0 Å². The monoisotopic (exact) mass is 162 g/mol. The summed E-state index contributed by atoms with van der Waals surface area (Å²) in [6, 6.07) is 0. The molecular weight excluding hydrogens is 152 g/mol. The van der Waals surface area contributed by atoms with Crippen LogP contribution < -0.4 is 0 Å². The van der Waals surface area contributed by atoms with Gasteiger partial charge in [-0.25, -0.2) is 4.79 Å². The number of aliphatic hydroxyl groups is 3. The molecule has 1 rings (SSSR count). The Balaban J connectivity index is 2.70. The van der Waals surface area contributed by atoms with E-state index in [-0.39, 0.29) is 0 Å². The third-order valence-electron chi connectivity index (χ3n) is 1.70. The van der Waals surface area contributed by atoms with Crippen LogP contribution >= 0.6 is 0 Å². The van der Waals surface area contributed by atoms with E-state index in [0.717, 1.165) is 0 Å². The fourth-order valence-corrected chi connectivity index (χ4v) is 0.927. The average molecular weight is 162 g/mol. The van der Waals surface area contributed by atoms with E-state index in [1.165, 1.54) is 6.92 Å². The van der Waals surface area contributed by atoms with Crippen molar-refractivity contribution in [3.05, 3.63) is 0 Å². The largest absolute Gasteiger partial charge is 0.458 e. The molecule has 3 N–H and O–H groups in total. The van der Waals surface area contributed by atoms with Crippen molar-refractivity contribution < 1.29 is 24.9 Å². The summed E-state index contributed by atoms with van der Waals surface area (Å²) in [7, 11) is 0. The third kappa shape index (κ3) is 1.35. The van der Waals surface area contributed by atoms with Crippen LogP contribution in [0.25, 0.3) is 0 Å². The SMILES string of the molecule is C[C@H]1OC(=O)[C@@H](O)[C@@H](O)[C@@H]1O. The van der Waals surface area contributed by atoms with Gasteiger partial charge in [0.15, 0.2) is 6.10 Å². The highest BCUT2D eigenvalue weighted by Crippen LogP contribution is 2.15. The molecule has 0 saturated carbocycles. The van der Waals surface area contributed by atoms with Crippen molar-refractivity contribution in [1.82, 2.24) is 0 Å². The van der Waals surface area contributed by atoms with Crippen LogP contribution in [0.3, 0.4) is 0 Å². The fraction of sp³-hybridized carbons (Fsp3) is 0.833. The summed E-state index contributed by atoms with van der Waals surface area (Å²) in [4.78, 5) is 10.6. The smallest absolute Gasteiger partial charge is 0.338 e. The Kier molecular flexibility index (Phi) is 2.12. The first kappa shape index (κ1) is 8.45. The number of aliphatic hydroxyl groups excluding tert-OH is 3. The molecule has 0 aliphatic carbocycles. The second-order valence-electron chi connectivity index (χ2n) is 2.57. The number of carbonyl (C=O) groups excluding carboxylic acids is 1. The van der Waals surface area contributed by atoms with Crippen molar-refractivity contribution in [3.8, 4) is 0 Å². The van der Waals surface area contributed by atoms with Crippen molar-refractivity contribution in [2.24, 2.45) is 0 Å². The summed E-state index contributed by atoms with van der Waals surface area (Å²) in [6.45, 7) is 1.44. The van der Waals surface area contributed by atoms with E-state index >= 15 is 0 Å². The molecule has 0 amide bonds. The molecule has 1 aliphatic rings. The molecule has 0 aromatic carbocycles. The molecular formula is C6H10O5. The molecule has 1 aliphatic heterocycles. The van der Waals surface area contributed by atoms with Gasteiger partial charge in [-0.15, -0.1) is 0 Å². The summed E-state index contributed by atoms with van der Waals surface area (Å²) in [5.41, 5.74) is 0.